The quantitative estimate of drug-likeness (QED) is 0.0544. The van der Waals surface area contributed by atoms with E-state index < -0.39 is 120 Å². The number of carbonyl (C=O) groups is 10. The van der Waals surface area contributed by atoms with Crippen LogP contribution >= 0.6 is 0 Å². The van der Waals surface area contributed by atoms with E-state index in [0.29, 0.717) is 12.8 Å². The van der Waals surface area contributed by atoms with Gasteiger partial charge in [0.1, 0.15) is 47.4 Å². The topological polar surface area (TPSA) is 484 Å². The molecule has 0 radical (unpaired) electrons. The minimum Gasteiger partial charge on any atom is -0.506 e. The first-order chi connectivity index (χ1) is 49.6. The average molecular weight is 1440 g/mol. The van der Waals surface area contributed by atoms with Crippen LogP contribution in [-0.4, -0.2) is 307 Å². The molecule has 0 saturated carbocycles. The molecule has 10 amide bonds. The molecule has 6 unspecified atom stereocenters. The van der Waals surface area contributed by atoms with Gasteiger partial charge in [0.2, 0.25) is 11.8 Å². The third-order valence-corrected chi connectivity index (χ3v) is 18.0. The standard InChI is InChI=1S/C69H94N14O20/c84-41-51-58(91)59(92)60(93)69(103-51)102-39-27-71-53(86)18-7-17-52(85)70-19-2-1-8-42-40-83-34-26-78-66(99)48-14-5-13-47(56(48)89)63(96)74-22-30-81(31-23-77-67(100)49-15-6-16-50(57(49)90)68(101)79-42)36-35-80-28-20-72-61(94)43-9-3-11-45(54(43)87)64(97)75-24-32-82(37-38-83)33-25-76-65(98)46-12-4-10-44(55(46)88)62(95)73-21-29-80/h3-6,9-16,42,51,58-60,69,84,87-93H,1-2,7-8,17-41H2,(H,70,85)(H,71,86)(H,72,94)(H,73,95)(H,74,96)(H,75,97)(H,76,98)(H,77,100)(H,78,99)(H,79,101)/t42?,51?,58-,59?,60-,69?/m1/s1. The Bertz CT molecular complexity index is 3530. The third kappa shape index (κ3) is 22.9. The lowest BCUT2D eigenvalue weighted by molar-refractivity contribution is -0.300. The van der Waals surface area contributed by atoms with E-state index in [-0.39, 0.29) is 220 Å². The van der Waals surface area contributed by atoms with Gasteiger partial charge in [0, 0.05) is 156 Å². The van der Waals surface area contributed by atoms with Crippen LogP contribution in [0.1, 0.15) is 121 Å². The Morgan fingerprint density at radius 3 is 1.09 bits per heavy atom. The number of nitrogens with zero attached hydrogens (tertiary/aromatic N) is 4. The third-order valence-electron chi connectivity index (χ3n) is 18.0. The number of unbranched alkanes of at least 4 members (excludes halogenated alkanes) is 1. The monoisotopic (exact) mass is 1440 g/mol. The second-order valence-electron chi connectivity index (χ2n) is 25.2. The fourth-order valence-electron chi connectivity index (χ4n) is 12.1. The van der Waals surface area contributed by atoms with Gasteiger partial charge >= 0.3 is 0 Å². The van der Waals surface area contributed by atoms with E-state index in [4.69, 9.17) is 9.47 Å². The number of carbonyl (C=O) groups excluding carboxylic acids is 10. The zero-order chi connectivity index (χ0) is 74.0. The molecule has 103 heavy (non-hydrogen) atoms. The Hall–Kier alpha value is -9.62. The summed E-state index contributed by atoms with van der Waals surface area (Å²) in [4.78, 5) is 145. The highest BCUT2D eigenvalue weighted by Crippen LogP contribution is 2.27. The number of nitrogens with one attached hydrogen (secondary N) is 10. The lowest BCUT2D eigenvalue weighted by atomic mass is 9.99. The van der Waals surface area contributed by atoms with E-state index in [1.165, 1.54) is 72.8 Å². The molecule has 0 spiro atoms. The van der Waals surface area contributed by atoms with Gasteiger partial charge < -0.3 is 103 Å². The van der Waals surface area contributed by atoms with Gasteiger partial charge in [-0.25, -0.2) is 0 Å². The first-order valence-corrected chi connectivity index (χ1v) is 34.5. The second-order valence-corrected chi connectivity index (χ2v) is 25.2. The molecule has 5 aliphatic heterocycles. The van der Waals surface area contributed by atoms with Crippen molar-refractivity contribution in [2.75, 3.05) is 151 Å². The molecule has 560 valence electrons. The predicted octanol–water partition coefficient (Wildman–Crippen LogP) is -3.55. The molecule has 34 heteroatoms. The van der Waals surface area contributed by atoms with Gasteiger partial charge in [0.05, 0.1) is 57.7 Å². The summed E-state index contributed by atoms with van der Waals surface area (Å²) in [6.07, 6.45) is -6.20. The summed E-state index contributed by atoms with van der Waals surface area (Å²) in [5.74, 6) is -8.74. The van der Waals surface area contributed by atoms with Gasteiger partial charge in [-0.3, -0.25) is 67.5 Å². The number of aliphatic hydroxyl groups excluding tert-OH is 4. The number of ether oxygens (including phenoxy) is 2. The molecule has 4 aromatic rings. The molecule has 1 fully saturated rings. The van der Waals surface area contributed by atoms with Crippen LogP contribution in [-0.2, 0) is 19.1 Å². The number of phenols is 4. The highest BCUT2D eigenvalue weighted by Gasteiger charge is 2.44. The van der Waals surface area contributed by atoms with Crippen LogP contribution in [0.15, 0.2) is 72.8 Å². The Morgan fingerprint density at radius 1 is 0.417 bits per heavy atom. The van der Waals surface area contributed by atoms with E-state index in [9.17, 15) is 88.8 Å². The fourth-order valence-corrected chi connectivity index (χ4v) is 12.1. The summed E-state index contributed by atoms with van der Waals surface area (Å²) in [6.45, 7) is 0.651. The number of para-hydroxylation sites is 4. The molecule has 4 aromatic carbocycles. The van der Waals surface area contributed by atoms with Crippen molar-refractivity contribution >= 4 is 59.1 Å². The van der Waals surface area contributed by atoms with Crippen LogP contribution in [0.25, 0.3) is 0 Å². The van der Waals surface area contributed by atoms with Gasteiger partial charge in [0.25, 0.3) is 47.3 Å². The Morgan fingerprint density at radius 2 is 0.738 bits per heavy atom. The van der Waals surface area contributed by atoms with Crippen molar-refractivity contribution in [3.05, 3.63) is 117 Å². The first kappa shape index (κ1) is 79.1. The van der Waals surface area contributed by atoms with E-state index >= 15 is 0 Å². The number of benzene rings is 4. The number of fused-ring (bicyclic) bond motifs is 16. The van der Waals surface area contributed by atoms with Crippen LogP contribution in [0.4, 0.5) is 0 Å². The molecule has 8 atom stereocenters. The van der Waals surface area contributed by atoms with Crippen molar-refractivity contribution in [1.82, 2.24) is 72.8 Å². The zero-order valence-corrected chi connectivity index (χ0v) is 57.2. The maximum atomic E-state index is 14.6. The van der Waals surface area contributed by atoms with Crippen LogP contribution in [0.2, 0.25) is 0 Å². The molecule has 34 nitrogen and oxygen atoms in total. The fraction of sp³-hybridized carbons (Fsp3) is 0.507. The maximum Gasteiger partial charge on any atom is 0.255 e. The summed E-state index contributed by atoms with van der Waals surface area (Å²) in [7, 11) is 0. The van der Waals surface area contributed by atoms with Gasteiger partial charge in [0.15, 0.2) is 6.29 Å². The maximum absolute atomic E-state index is 14.6. The van der Waals surface area contributed by atoms with Crippen LogP contribution in [0.5, 0.6) is 23.0 Å². The van der Waals surface area contributed by atoms with Gasteiger partial charge in [-0.2, -0.15) is 0 Å². The predicted molar refractivity (Wildman–Crippen MR) is 369 cm³/mol. The van der Waals surface area contributed by atoms with Crippen LogP contribution in [0, 0.1) is 0 Å². The summed E-state index contributed by atoms with van der Waals surface area (Å²) < 4.78 is 10.7. The van der Waals surface area contributed by atoms with Crippen molar-refractivity contribution in [2.45, 2.75) is 75.3 Å². The van der Waals surface area contributed by atoms with Crippen molar-refractivity contribution in [1.29, 1.82) is 0 Å². The Balaban J connectivity index is 1.07. The van der Waals surface area contributed by atoms with Crippen molar-refractivity contribution < 1.29 is 98.3 Å². The molecule has 1 saturated heterocycles. The van der Waals surface area contributed by atoms with Gasteiger partial charge in [-0.05, 0) is 74.2 Å². The molecular weight excluding hydrogens is 1340 g/mol. The highest BCUT2D eigenvalue weighted by atomic mass is 16.7. The largest absolute Gasteiger partial charge is 0.506 e. The average Bonchev–Trinajstić information content (AvgIpc) is 0.838. The molecule has 5 heterocycles. The van der Waals surface area contributed by atoms with E-state index in [2.05, 4.69) is 53.2 Å². The molecule has 0 aliphatic carbocycles. The van der Waals surface area contributed by atoms with Gasteiger partial charge in [-0.15, -0.1) is 0 Å². The molecule has 5 aliphatic rings. The summed E-state index contributed by atoms with van der Waals surface area (Å²) in [6, 6.07) is 15.9. The first-order valence-electron chi connectivity index (χ1n) is 34.5. The minimum absolute atomic E-state index is 0.0114. The zero-order valence-electron chi connectivity index (χ0n) is 57.2. The normalized spacial score (nSPS) is 24.4. The van der Waals surface area contributed by atoms with Crippen molar-refractivity contribution in [3.8, 4) is 23.0 Å². The highest BCUT2D eigenvalue weighted by molar-refractivity contribution is 6.06. The van der Waals surface area contributed by atoms with Crippen LogP contribution < -0.4 is 53.2 Å². The number of aromatic hydroxyl groups is 4. The van der Waals surface area contributed by atoms with E-state index in [0.717, 1.165) is 0 Å². The number of phenolic OH excluding ortho intramolecular Hbond substituents is 4. The SMILES string of the molecule is O=C(CCCC(=O)NCCOC1OC(CO)[C@@H](O)C(O)[C@H]1O)NCCCCC1CN2CCNC(=O)c3cccc(c3O)C(=O)NCCN(CCNC(=O)c3cccc(c3O)C(=O)N1)CCN1CCNC(=O)c3cccc(c3O)C(=O)NCCN(CCNC(=O)c3cccc(c3O)C(=O)NCC1)CC2. The van der Waals surface area contributed by atoms with Crippen molar-refractivity contribution in [2.24, 2.45) is 0 Å². The Kier molecular flexibility index (Phi) is 30.5. The molecule has 9 rings (SSSR count). The number of aliphatic hydroxyl groups is 4. The minimum atomic E-state index is -1.63. The van der Waals surface area contributed by atoms with Crippen LogP contribution in [0.3, 0.4) is 0 Å². The molecule has 12 bridgehead atoms. The summed E-state index contributed by atoms with van der Waals surface area (Å²) >= 11 is 0. The molecule has 0 aromatic heterocycles. The summed E-state index contributed by atoms with van der Waals surface area (Å²) in [5, 5.41) is 114. The Labute approximate surface area is 594 Å². The number of amides is 10. The number of hydrogen-bond donors (Lipinski definition) is 18. The summed E-state index contributed by atoms with van der Waals surface area (Å²) in [5.41, 5.74) is -1.56. The molecule has 18 N–H and O–H groups in total. The second kappa shape index (κ2) is 39.7. The molecular formula is C69H94N14O20. The van der Waals surface area contributed by atoms with E-state index in [1.807, 2.05) is 19.6 Å². The lowest BCUT2D eigenvalue weighted by Crippen LogP contribution is -2.59. The van der Waals surface area contributed by atoms with E-state index in [1.54, 1.807) is 0 Å². The number of hydrogen-bond acceptors (Lipinski definition) is 24. The number of rotatable bonds is 14. The lowest BCUT2D eigenvalue weighted by Gasteiger charge is -2.39. The van der Waals surface area contributed by atoms with Crippen molar-refractivity contribution in [3.63, 3.8) is 0 Å². The van der Waals surface area contributed by atoms with Gasteiger partial charge in [-0.1, -0.05) is 24.3 Å². The smallest absolute Gasteiger partial charge is 0.255 e.